The smallest absolute Gasteiger partial charge is 0.303 e. The number of aromatic nitrogens is 3. The molecule has 2 N–H and O–H groups in total. The molecular weight excluding hydrogens is 214 g/mol. The van der Waals surface area contributed by atoms with Crippen LogP contribution in [-0.4, -0.2) is 9.97 Å². The molecule has 0 spiro atoms. The van der Waals surface area contributed by atoms with Gasteiger partial charge in [0.25, 0.3) is 5.88 Å². The lowest BCUT2D eigenvalue weighted by Crippen LogP contribution is -2.01. The molecule has 0 fully saturated rings. The molecule has 0 amide bonds. The van der Waals surface area contributed by atoms with Gasteiger partial charge in [0.1, 0.15) is 6.61 Å². The van der Waals surface area contributed by atoms with Gasteiger partial charge in [-0.15, -0.1) is 0 Å². The lowest BCUT2D eigenvalue weighted by molar-refractivity contribution is -0.347. The molecule has 0 unspecified atom stereocenters. The summed E-state index contributed by atoms with van der Waals surface area (Å²) in [6, 6.07) is 13.8. The van der Waals surface area contributed by atoms with E-state index in [0.29, 0.717) is 12.5 Å². The standard InChI is InChI=1S/C13H11N3O/c1-2-4-10(5-3-1)8-17-12-7-6-11-13(16-12)15-9-14-11/h1-7,9H,8H2,(H,14,15,16)/p+1. The highest BCUT2D eigenvalue weighted by atomic mass is 16.5. The van der Waals surface area contributed by atoms with Crippen molar-refractivity contribution >= 4 is 11.2 Å². The number of imidazole rings is 1. The molecule has 0 bridgehead atoms. The van der Waals surface area contributed by atoms with Crippen molar-refractivity contribution in [2.45, 2.75) is 6.61 Å². The van der Waals surface area contributed by atoms with Crippen LogP contribution in [0.3, 0.4) is 0 Å². The Morgan fingerprint density at radius 3 is 2.88 bits per heavy atom. The first kappa shape index (κ1) is 9.84. The second-order valence-electron chi connectivity index (χ2n) is 3.75. The molecule has 17 heavy (non-hydrogen) atoms. The van der Waals surface area contributed by atoms with Crippen molar-refractivity contribution in [2.75, 3.05) is 0 Å². The number of hydrogen-bond donors (Lipinski definition) is 1. The molecule has 0 radical (unpaired) electrons. The highest BCUT2D eigenvalue weighted by Crippen LogP contribution is 2.12. The van der Waals surface area contributed by atoms with E-state index in [2.05, 4.69) is 15.0 Å². The van der Waals surface area contributed by atoms with E-state index in [0.717, 1.165) is 16.7 Å². The number of fused-ring (bicyclic) bond motifs is 1. The largest absolute Gasteiger partial charge is 0.461 e. The molecule has 2 aromatic heterocycles. The molecule has 1 aromatic carbocycles. The Morgan fingerprint density at radius 2 is 2.00 bits per heavy atom. The normalized spacial score (nSPS) is 10.6. The minimum Gasteiger partial charge on any atom is -0.461 e. The summed E-state index contributed by atoms with van der Waals surface area (Å²) in [6.07, 6.45) is 1.75. The summed E-state index contributed by atoms with van der Waals surface area (Å²) in [7, 11) is 0. The second kappa shape index (κ2) is 4.25. The SMILES string of the molecule is c1ccc(COc2ccc3[nH]c[nH+]c3n2)cc1. The van der Waals surface area contributed by atoms with Gasteiger partial charge in [-0.05, 0) is 11.6 Å². The fraction of sp³-hybridized carbons (Fsp3) is 0.0769. The Morgan fingerprint density at radius 1 is 1.12 bits per heavy atom. The fourth-order valence-corrected chi connectivity index (χ4v) is 1.66. The van der Waals surface area contributed by atoms with Crippen molar-refractivity contribution in [3.63, 3.8) is 0 Å². The molecule has 4 nitrogen and oxygen atoms in total. The topological polar surface area (TPSA) is 52.0 Å². The summed E-state index contributed by atoms with van der Waals surface area (Å²) < 4.78 is 5.62. The van der Waals surface area contributed by atoms with E-state index in [4.69, 9.17) is 4.74 Å². The number of ether oxygens (including phenoxy) is 1. The van der Waals surface area contributed by atoms with Gasteiger partial charge in [-0.1, -0.05) is 35.3 Å². The minimum atomic E-state index is 0.532. The summed E-state index contributed by atoms with van der Waals surface area (Å²) in [5.41, 5.74) is 2.90. The molecule has 3 aromatic rings. The average Bonchev–Trinajstić information content (AvgIpc) is 2.85. The molecule has 0 atom stereocenters. The van der Waals surface area contributed by atoms with Crippen molar-refractivity contribution in [1.29, 1.82) is 0 Å². The predicted octanol–water partition coefficient (Wildman–Crippen LogP) is 1.96. The summed E-state index contributed by atoms with van der Waals surface area (Å²) in [4.78, 5) is 10.4. The number of aromatic amines is 2. The third kappa shape index (κ3) is 2.10. The molecule has 0 aliphatic rings. The summed E-state index contributed by atoms with van der Waals surface area (Å²) in [6.45, 7) is 0.532. The molecule has 3 rings (SSSR count). The molecule has 0 saturated carbocycles. The van der Waals surface area contributed by atoms with Crippen LogP contribution < -0.4 is 9.72 Å². The molecule has 2 heterocycles. The molecule has 4 heteroatoms. The van der Waals surface area contributed by atoms with E-state index in [1.807, 2.05) is 42.5 Å². The first-order chi connectivity index (χ1) is 8.42. The number of benzene rings is 1. The molecule has 0 aliphatic carbocycles. The lowest BCUT2D eigenvalue weighted by Gasteiger charge is -2.01. The van der Waals surface area contributed by atoms with Gasteiger partial charge in [0.05, 0.1) is 0 Å². The van der Waals surface area contributed by atoms with Gasteiger partial charge in [0, 0.05) is 6.07 Å². The maximum atomic E-state index is 5.62. The van der Waals surface area contributed by atoms with Crippen molar-refractivity contribution in [2.24, 2.45) is 0 Å². The summed E-state index contributed by atoms with van der Waals surface area (Å²) >= 11 is 0. The number of hydrogen-bond acceptors (Lipinski definition) is 2. The van der Waals surface area contributed by atoms with Crippen LogP contribution in [0.2, 0.25) is 0 Å². The Kier molecular flexibility index (Phi) is 2.46. The third-order valence-electron chi connectivity index (χ3n) is 2.54. The zero-order valence-electron chi connectivity index (χ0n) is 9.18. The monoisotopic (exact) mass is 226 g/mol. The zero-order valence-corrected chi connectivity index (χ0v) is 9.18. The Hall–Kier alpha value is -2.36. The van der Waals surface area contributed by atoms with Crippen LogP contribution in [0.1, 0.15) is 5.56 Å². The van der Waals surface area contributed by atoms with Crippen LogP contribution in [-0.2, 0) is 6.61 Å². The predicted molar refractivity (Wildman–Crippen MR) is 63.4 cm³/mol. The number of pyridine rings is 1. The van der Waals surface area contributed by atoms with Crippen molar-refractivity contribution in [3.8, 4) is 5.88 Å². The third-order valence-corrected chi connectivity index (χ3v) is 2.54. The van der Waals surface area contributed by atoms with Gasteiger partial charge in [-0.3, -0.25) is 4.98 Å². The van der Waals surface area contributed by atoms with Crippen LogP contribution in [0.4, 0.5) is 0 Å². The molecule has 0 aliphatic heterocycles. The maximum Gasteiger partial charge on any atom is 0.303 e. The van der Waals surface area contributed by atoms with E-state index < -0.39 is 0 Å². The number of rotatable bonds is 3. The van der Waals surface area contributed by atoms with Crippen molar-refractivity contribution in [1.82, 2.24) is 9.97 Å². The van der Waals surface area contributed by atoms with Gasteiger partial charge in [0.15, 0.2) is 11.8 Å². The van der Waals surface area contributed by atoms with Gasteiger partial charge < -0.3 is 4.74 Å². The van der Waals surface area contributed by atoms with Crippen LogP contribution in [0.5, 0.6) is 5.88 Å². The highest BCUT2D eigenvalue weighted by molar-refractivity contribution is 5.66. The van der Waals surface area contributed by atoms with E-state index in [9.17, 15) is 0 Å². The van der Waals surface area contributed by atoms with Gasteiger partial charge in [0.2, 0.25) is 0 Å². The zero-order chi connectivity index (χ0) is 11.5. The second-order valence-corrected chi connectivity index (χ2v) is 3.75. The lowest BCUT2D eigenvalue weighted by atomic mass is 10.2. The van der Waals surface area contributed by atoms with Gasteiger partial charge >= 0.3 is 5.65 Å². The Balaban J connectivity index is 1.76. The Labute approximate surface area is 98.3 Å². The summed E-state index contributed by atoms with van der Waals surface area (Å²) in [5, 5.41) is 0. The van der Waals surface area contributed by atoms with Crippen LogP contribution in [0, 0.1) is 0 Å². The van der Waals surface area contributed by atoms with E-state index in [1.165, 1.54) is 0 Å². The van der Waals surface area contributed by atoms with Crippen LogP contribution >= 0.6 is 0 Å². The minimum absolute atomic E-state index is 0.532. The van der Waals surface area contributed by atoms with Gasteiger partial charge in [-0.2, -0.15) is 0 Å². The van der Waals surface area contributed by atoms with Crippen LogP contribution in [0.25, 0.3) is 11.2 Å². The molecule has 84 valence electrons. The maximum absolute atomic E-state index is 5.62. The number of nitrogens with one attached hydrogen (secondary N) is 2. The summed E-state index contributed by atoms with van der Waals surface area (Å²) in [5.74, 6) is 0.622. The number of nitrogens with zero attached hydrogens (tertiary/aromatic N) is 1. The van der Waals surface area contributed by atoms with E-state index in [-0.39, 0.29) is 0 Å². The quantitative estimate of drug-likeness (QED) is 0.742. The number of H-pyrrole nitrogens is 2. The Bertz CT molecular complexity index is 619. The molecule has 0 saturated heterocycles. The van der Waals surface area contributed by atoms with E-state index >= 15 is 0 Å². The average molecular weight is 226 g/mol. The first-order valence-electron chi connectivity index (χ1n) is 5.44. The van der Waals surface area contributed by atoms with Crippen LogP contribution in [0.15, 0.2) is 48.8 Å². The fourth-order valence-electron chi connectivity index (χ4n) is 1.66. The molecular formula is C13H12N3O+. The van der Waals surface area contributed by atoms with Crippen molar-refractivity contribution < 1.29 is 9.72 Å². The van der Waals surface area contributed by atoms with E-state index in [1.54, 1.807) is 6.33 Å². The van der Waals surface area contributed by atoms with Crippen molar-refractivity contribution in [3.05, 3.63) is 54.4 Å². The van der Waals surface area contributed by atoms with Gasteiger partial charge in [-0.25, -0.2) is 4.98 Å². The highest BCUT2D eigenvalue weighted by Gasteiger charge is 2.07. The first-order valence-corrected chi connectivity index (χ1v) is 5.44.